The van der Waals surface area contributed by atoms with Crippen LogP contribution in [0.2, 0.25) is 0 Å². The van der Waals surface area contributed by atoms with Gasteiger partial charge in [-0.15, -0.1) is 0 Å². The first kappa shape index (κ1) is 10.4. The standard InChI is InChI=1S/C10H18O3S/c11-6-5-9(8-3-4-8)10-2-1-7-14(10,12)13/h8-11H,1-7H2. The van der Waals surface area contributed by atoms with Crippen molar-refractivity contribution in [2.45, 2.75) is 37.4 Å². The molecule has 0 spiro atoms. The van der Waals surface area contributed by atoms with Crippen LogP contribution in [0.4, 0.5) is 0 Å². The van der Waals surface area contributed by atoms with Gasteiger partial charge in [-0.05, 0) is 43.9 Å². The Kier molecular flexibility index (Phi) is 2.84. The fourth-order valence-corrected chi connectivity index (χ4v) is 4.98. The van der Waals surface area contributed by atoms with Crippen LogP contribution in [0.15, 0.2) is 0 Å². The van der Waals surface area contributed by atoms with E-state index in [1.54, 1.807) is 0 Å². The van der Waals surface area contributed by atoms with Crippen LogP contribution in [0, 0.1) is 11.8 Å². The number of sulfone groups is 1. The van der Waals surface area contributed by atoms with Gasteiger partial charge >= 0.3 is 0 Å². The zero-order valence-electron chi connectivity index (χ0n) is 8.35. The molecule has 2 fully saturated rings. The van der Waals surface area contributed by atoms with Gasteiger partial charge in [-0.3, -0.25) is 0 Å². The molecule has 0 aromatic rings. The van der Waals surface area contributed by atoms with Gasteiger partial charge in [-0.2, -0.15) is 0 Å². The first-order valence-electron chi connectivity index (χ1n) is 5.47. The first-order chi connectivity index (χ1) is 6.65. The van der Waals surface area contributed by atoms with Crippen molar-refractivity contribution in [3.63, 3.8) is 0 Å². The lowest BCUT2D eigenvalue weighted by Crippen LogP contribution is -2.28. The fraction of sp³-hybridized carbons (Fsp3) is 1.00. The van der Waals surface area contributed by atoms with Gasteiger partial charge in [-0.25, -0.2) is 8.42 Å². The highest BCUT2D eigenvalue weighted by atomic mass is 32.2. The average molecular weight is 218 g/mol. The molecule has 3 nitrogen and oxygen atoms in total. The van der Waals surface area contributed by atoms with Gasteiger partial charge in [-0.1, -0.05) is 0 Å². The Labute approximate surface area is 85.4 Å². The largest absolute Gasteiger partial charge is 0.396 e. The Morgan fingerprint density at radius 1 is 1.29 bits per heavy atom. The summed E-state index contributed by atoms with van der Waals surface area (Å²) in [6.07, 6.45) is 4.65. The van der Waals surface area contributed by atoms with E-state index < -0.39 is 9.84 Å². The van der Waals surface area contributed by atoms with Crippen molar-refractivity contribution >= 4 is 9.84 Å². The Morgan fingerprint density at radius 3 is 2.43 bits per heavy atom. The van der Waals surface area contributed by atoms with Crippen molar-refractivity contribution in [1.29, 1.82) is 0 Å². The lowest BCUT2D eigenvalue weighted by atomic mass is 9.93. The monoisotopic (exact) mass is 218 g/mol. The van der Waals surface area contributed by atoms with E-state index in [4.69, 9.17) is 5.11 Å². The minimum absolute atomic E-state index is 0.132. The van der Waals surface area contributed by atoms with E-state index in [2.05, 4.69) is 0 Å². The predicted octanol–water partition coefficient (Wildman–Crippen LogP) is 0.972. The summed E-state index contributed by atoms with van der Waals surface area (Å²) in [5, 5.41) is 8.81. The van der Waals surface area contributed by atoms with Gasteiger partial charge in [0.2, 0.25) is 0 Å². The Balaban J connectivity index is 2.09. The quantitative estimate of drug-likeness (QED) is 0.765. The van der Waals surface area contributed by atoms with Crippen molar-refractivity contribution in [1.82, 2.24) is 0 Å². The molecule has 1 heterocycles. The van der Waals surface area contributed by atoms with Crippen LogP contribution in [-0.4, -0.2) is 31.1 Å². The fourth-order valence-electron chi connectivity index (χ4n) is 2.70. The van der Waals surface area contributed by atoms with E-state index in [0.717, 1.165) is 25.7 Å². The van der Waals surface area contributed by atoms with Gasteiger partial charge < -0.3 is 5.11 Å². The summed E-state index contributed by atoms with van der Waals surface area (Å²) in [7, 11) is -2.82. The van der Waals surface area contributed by atoms with Crippen LogP contribution in [0.25, 0.3) is 0 Å². The minimum atomic E-state index is -2.82. The van der Waals surface area contributed by atoms with E-state index in [1.165, 1.54) is 0 Å². The highest BCUT2D eigenvalue weighted by Crippen LogP contribution is 2.44. The van der Waals surface area contributed by atoms with Gasteiger partial charge in [0.25, 0.3) is 0 Å². The molecule has 0 amide bonds. The molecule has 4 heteroatoms. The maximum absolute atomic E-state index is 11.7. The molecule has 0 aromatic heterocycles. The smallest absolute Gasteiger partial charge is 0.153 e. The van der Waals surface area contributed by atoms with Gasteiger partial charge in [0.1, 0.15) is 0 Å². The van der Waals surface area contributed by atoms with Gasteiger partial charge in [0.05, 0.1) is 11.0 Å². The van der Waals surface area contributed by atoms with E-state index in [1.807, 2.05) is 0 Å². The third-order valence-electron chi connectivity index (χ3n) is 3.55. The summed E-state index contributed by atoms with van der Waals surface area (Å²) >= 11 is 0. The molecule has 2 unspecified atom stereocenters. The zero-order valence-corrected chi connectivity index (χ0v) is 9.17. The molecular formula is C10H18O3S. The molecule has 2 atom stereocenters. The van der Waals surface area contributed by atoms with Crippen LogP contribution >= 0.6 is 0 Å². The lowest BCUT2D eigenvalue weighted by Gasteiger charge is -2.21. The summed E-state index contributed by atoms with van der Waals surface area (Å²) in [6.45, 7) is 0.132. The van der Waals surface area contributed by atoms with E-state index in [9.17, 15) is 8.42 Å². The summed E-state index contributed by atoms with van der Waals surface area (Å²) < 4.78 is 23.5. The molecule has 0 bridgehead atoms. The lowest BCUT2D eigenvalue weighted by molar-refractivity contribution is 0.241. The molecule has 1 saturated heterocycles. The molecule has 1 aliphatic heterocycles. The zero-order chi connectivity index (χ0) is 10.2. The molecule has 14 heavy (non-hydrogen) atoms. The molecule has 1 N–H and O–H groups in total. The maximum atomic E-state index is 11.7. The third-order valence-corrected chi connectivity index (χ3v) is 5.91. The molecule has 0 radical (unpaired) electrons. The van der Waals surface area contributed by atoms with E-state index >= 15 is 0 Å². The number of aliphatic hydroxyl groups excluding tert-OH is 1. The number of rotatable bonds is 4. The van der Waals surface area contributed by atoms with Crippen LogP contribution < -0.4 is 0 Å². The van der Waals surface area contributed by atoms with Crippen molar-refractivity contribution in [3.8, 4) is 0 Å². The van der Waals surface area contributed by atoms with E-state index in [0.29, 0.717) is 18.1 Å². The second-order valence-corrected chi connectivity index (χ2v) is 6.90. The van der Waals surface area contributed by atoms with Crippen molar-refractivity contribution < 1.29 is 13.5 Å². The van der Waals surface area contributed by atoms with E-state index in [-0.39, 0.29) is 17.8 Å². The van der Waals surface area contributed by atoms with Crippen molar-refractivity contribution in [2.75, 3.05) is 12.4 Å². The maximum Gasteiger partial charge on any atom is 0.153 e. The third kappa shape index (κ3) is 1.96. The number of aliphatic hydroxyl groups is 1. The Hall–Kier alpha value is -0.0900. The van der Waals surface area contributed by atoms with Crippen LogP contribution in [-0.2, 0) is 9.84 Å². The van der Waals surface area contributed by atoms with Crippen LogP contribution in [0.5, 0.6) is 0 Å². The van der Waals surface area contributed by atoms with Crippen molar-refractivity contribution in [2.24, 2.45) is 11.8 Å². The van der Waals surface area contributed by atoms with Gasteiger partial charge in [0, 0.05) is 6.61 Å². The second kappa shape index (κ2) is 3.81. The molecule has 82 valence electrons. The molecule has 1 saturated carbocycles. The van der Waals surface area contributed by atoms with Gasteiger partial charge in [0.15, 0.2) is 9.84 Å². The second-order valence-electron chi connectivity index (χ2n) is 4.56. The Morgan fingerprint density at radius 2 is 2.00 bits per heavy atom. The molecule has 0 aromatic carbocycles. The summed E-state index contributed by atoms with van der Waals surface area (Å²) in [4.78, 5) is 0. The normalized spacial score (nSPS) is 33.1. The van der Waals surface area contributed by atoms with Crippen molar-refractivity contribution in [3.05, 3.63) is 0 Å². The molecule has 2 rings (SSSR count). The topological polar surface area (TPSA) is 54.4 Å². The average Bonchev–Trinajstić information content (AvgIpc) is 2.88. The number of hydrogen-bond acceptors (Lipinski definition) is 3. The minimum Gasteiger partial charge on any atom is -0.396 e. The van der Waals surface area contributed by atoms with Crippen LogP contribution in [0.3, 0.4) is 0 Å². The summed E-state index contributed by atoms with van der Waals surface area (Å²) in [5.41, 5.74) is 0. The molecular weight excluding hydrogens is 200 g/mol. The Bertz CT molecular complexity index is 292. The highest BCUT2D eigenvalue weighted by Gasteiger charge is 2.43. The number of hydrogen-bond donors (Lipinski definition) is 1. The summed E-state index contributed by atoms with van der Waals surface area (Å²) in [5.74, 6) is 1.19. The predicted molar refractivity (Wildman–Crippen MR) is 54.7 cm³/mol. The first-order valence-corrected chi connectivity index (χ1v) is 7.19. The summed E-state index contributed by atoms with van der Waals surface area (Å²) in [6, 6.07) is 0. The van der Waals surface area contributed by atoms with Crippen LogP contribution in [0.1, 0.15) is 32.1 Å². The SMILES string of the molecule is O=S1(=O)CCCC1C(CCO)C1CC1. The molecule has 2 aliphatic rings. The highest BCUT2D eigenvalue weighted by molar-refractivity contribution is 7.92. The molecule has 1 aliphatic carbocycles.